The average Bonchev–Trinajstić information content (AvgIpc) is 3.06. The van der Waals surface area contributed by atoms with Crippen LogP contribution in [0.2, 0.25) is 0 Å². The molecule has 0 aliphatic carbocycles. The molecule has 3 aromatic rings. The molecule has 0 radical (unpaired) electrons. The quantitative estimate of drug-likeness (QED) is 0.492. The monoisotopic (exact) mass is 338 g/mol. The summed E-state index contributed by atoms with van der Waals surface area (Å²) in [7, 11) is 0. The van der Waals surface area contributed by atoms with Crippen molar-refractivity contribution in [1.29, 1.82) is 0 Å². The van der Waals surface area contributed by atoms with Crippen LogP contribution < -0.4 is 0 Å². The number of hydrogen-bond donors (Lipinski definition) is 1. The fourth-order valence-corrected chi connectivity index (χ4v) is 5.12. The van der Waals surface area contributed by atoms with Crippen LogP contribution in [0.1, 0.15) is 25.6 Å². The van der Waals surface area contributed by atoms with Crippen molar-refractivity contribution in [3.8, 4) is 11.3 Å². The van der Waals surface area contributed by atoms with E-state index in [4.69, 9.17) is 0 Å². The summed E-state index contributed by atoms with van der Waals surface area (Å²) in [5.41, 5.74) is 2.38. The number of nitrogens with zero attached hydrogens (tertiary/aromatic N) is 1. The highest BCUT2D eigenvalue weighted by atomic mass is 32.2. The first-order valence-corrected chi connectivity index (χ1v) is 9.60. The number of aromatic nitrogens is 2. The lowest BCUT2D eigenvalue weighted by molar-refractivity contribution is 0.763. The van der Waals surface area contributed by atoms with Crippen LogP contribution in [0.4, 0.5) is 0 Å². The predicted molar refractivity (Wildman–Crippen MR) is 97.3 cm³/mol. The van der Waals surface area contributed by atoms with E-state index in [2.05, 4.69) is 59.4 Å². The van der Waals surface area contributed by atoms with Crippen LogP contribution >= 0.6 is 23.5 Å². The molecule has 2 aromatic carbocycles. The highest BCUT2D eigenvalue weighted by molar-refractivity contribution is 8.05. The van der Waals surface area contributed by atoms with Gasteiger partial charge in [-0.15, -0.1) is 0 Å². The van der Waals surface area contributed by atoms with Crippen LogP contribution in [0.3, 0.4) is 0 Å². The van der Waals surface area contributed by atoms with E-state index in [9.17, 15) is 0 Å². The predicted octanol–water partition coefficient (Wildman–Crippen LogP) is 6.04. The number of rotatable bonds is 4. The highest BCUT2D eigenvalue weighted by Gasteiger charge is 2.20. The lowest BCUT2D eigenvalue weighted by Crippen LogP contribution is -1.93. The van der Waals surface area contributed by atoms with Crippen LogP contribution in [0.15, 0.2) is 68.2 Å². The van der Waals surface area contributed by atoms with E-state index < -0.39 is 0 Å². The summed E-state index contributed by atoms with van der Waals surface area (Å²) >= 11 is 3.72. The second kappa shape index (κ2) is 6.46. The Labute approximate surface area is 145 Å². The number of H-pyrrole nitrogens is 1. The minimum absolute atomic E-state index is 1.02. The zero-order chi connectivity index (χ0) is 15.6. The summed E-state index contributed by atoms with van der Waals surface area (Å²) in [4.78, 5) is 13.4. The average molecular weight is 339 g/mol. The van der Waals surface area contributed by atoms with Crippen molar-refractivity contribution in [3.63, 3.8) is 0 Å². The molecule has 4 rings (SSSR count). The SMILES string of the molecule is CCCCc1ncc(-c2cccc3c2Sc2ccccc2S3)[nH]1. The molecule has 1 aliphatic rings. The van der Waals surface area contributed by atoms with E-state index in [-0.39, 0.29) is 0 Å². The number of unbranched alkanes of at least 4 members (excludes halogenated alkanes) is 1. The summed E-state index contributed by atoms with van der Waals surface area (Å²) in [6, 6.07) is 15.2. The Hall–Kier alpha value is -1.65. The smallest absolute Gasteiger partial charge is 0.106 e. The van der Waals surface area contributed by atoms with Crippen molar-refractivity contribution in [2.45, 2.75) is 45.8 Å². The van der Waals surface area contributed by atoms with Crippen LogP contribution in [0.5, 0.6) is 0 Å². The largest absolute Gasteiger partial charge is 0.342 e. The minimum Gasteiger partial charge on any atom is -0.342 e. The molecule has 0 unspecified atom stereocenters. The molecule has 0 spiro atoms. The van der Waals surface area contributed by atoms with Crippen molar-refractivity contribution in [1.82, 2.24) is 9.97 Å². The maximum absolute atomic E-state index is 4.55. The van der Waals surface area contributed by atoms with E-state index in [1.54, 1.807) is 0 Å². The van der Waals surface area contributed by atoms with Crippen molar-refractivity contribution < 1.29 is 0 Å². The normalized spacial score (nSPS) is 12.7. The summed E-state index contributed by atoms with van der Waals surface area (Å²) in [5, 5.41) is 0. The first kappa shape index (κ1) is 14.9. The fourth-order valence-electron chi connectivity index (χ4n) is 2.73. The van der Waals surface area contributed by atoms with Gasteiger partial charge in [0.2, 0.25) is 0 Å². The molecule has 0 atom stereocenters. The van der Waals surface area contributed by atoms with E-state index in [1.807, 2.05) is 29.7 Å². The molecule has 2 nitrogen and oxygen atoms in total. The maximum Gasteiger partial charge on any atom is 0.106 e. The van der Waals surface area contributed by atoms with Gasteiger partial charge in [0.15, 0.2) is 0 Å². The number of imidazole rings is 1. The first-order valence-electron chi connectivity index (χ1n) is 7.97. The molecular formula is C19H18N2S2. The zero-order valence-electron chi connectivity index (χ0n) is 13.0. The van der Waals surface area contributed by atoms with Crippen LogP contribution in [0.25, 0.3) is 11.3 Å². The third-order valence-corrected chi connectivity index (χ3v) is 6.56. The van der Waals surface area contributed by atoms with Crippen molar-refractivity contribution in [2.24, 2.45) is 0 Å². The van der Waals surface area contributed by atoms with Crippen LogP contribution in [0, 0.1) is 0 Å². The van der Waals surface area contributed by atoms with Gasteiger partial charge in [-0.3, -0.25) is 0 Å². The molecule has 1 aromatic heterocycles. The van der Waals surface area contributed by atoms with Crippen molar-refractivity contribution in [2.75, 3.05) is 0 Å². The standard InChI is InChI=1S/C19H18N2S2/c1-2-3-11-18-20-12-14(21-18)13-7-6-10-17-19(13)23-16-9-5-4-8-15(16)22-17/h4-10,12H,2-3,11H2,1H3,(H,20,21). The van der Waals surface area contributed by atoms with Crippen molar-refractivity contribution >= 4 is 23.5 Å². The maximum atomic E-state index is 4.55. The van der Waals surface area contributed by atoms with E-state index in [0.29, 0.717) is 0 Å². The second-order valence-electron chi connectivity index (χ2n) is 5.63. The molecule has 1 aliphatic heterocycles. The summed E-state index contributed by atoms with van der Waals surface area (Å²) < 4.78 is 0. The zero-order valence-corrected chi connectivity index (χ0v) is 14.6. The lowest BCUT2D eigenvalue weighted by Gasteiger charge is -2.20. The highest BCUT2D eigenvalue weighted by Crippen LogP contribution is 2.51. The Morgan fingerprint density at radius 3 is 2.57 bits per heavy atom. The fraction of sp³-hybridized carbons (Fsp3) is 0.211. The van der Waals surface area contributed by atoms with Gasteiger partial charge in [0.1, 0.15) is 5.82 Å². The number of hydrogen-bond acceptors (Lipinski definition) is 3. The Kier molecular flexibility index (Phi) is 4.19. The molecule has 0 saturated heterocycles. The number of aryl methyl sites for hydroxylation is 1. The number of aromatic amines is 1. The van der Waals surface area contributed by atoms with Crippen LogP contribution in [-0.2, 0) is 6.42 Å². The minimum atomic E-state index is 1.02. The first-order chi connectivity index (χ1) is 11.3. The number of benzene rings is 2. The Morgan fingerprint density at radius 1 is 0.957 bits per heavy atom. The summed E-state index contributed by atoms with van der Waals surface area (Å²) in [5.74, 6) is 1.09. The number of fused-ring (bicyclic) bond motifs is 2. The van der Waals surface area contributed by atoms with Gasteiger partial charge in [-0.1, -0.05) is 61.1 Å². The van der Waals surface area contributed by atoms with Gasteiger partial charge >= 0.3 is 0 Å². The molecule has 1 N–H and O–H groups in total. The van der Waals surface area contributed by atoms with E-state index in [1.165, 1.54) is 38.0 Å². The molecule has 4 heteroatoms. The third kappa shape index (κ3) is 2.93. The number of nitrogens with one attached hydrogen (secondary N) is 1. The van der Waals surface area contributed by atoms with Gasteiger partial charge in [0, 0.05) is 31.6 Å². The van der Waals surface area contributed by atoms with Gasteiger partial charge < -0.3 is 4.98 Å². The molecule has 116 valence electrons. The molecule has 23 heavy (non-hydrogen) atoms. The summed E-state index contributed by atoms with van der Waals surface area (Å²) in [6.45, 7) is 2.21. The Morgan fingerprint density at radius 2 is 1.74 bits per heavy atom. The van der Waals surface area contributed by atoms with Gasteiger partial charge in [-0.2, -0.15) is 0 Å². The van der Waals surface area contributed by atoms with Crippen LogP contribution in [-0.4, -0.2) is 9.97 Å². The topological polar surface area (TPSA) is 28.7 Å². The molecule has 0 amide bonds. The van der Waals surface area contributed by atoms with E-state index >= 15 is 0 Å². The van der Waals surface area contributed by atoms with Gasteiger partial charge in [-0.25, -0.2) is 4.98 Å². The summed E-state index contributed by atoms with van der Waals surface area (Å²) in [6.07, 6.45) is 5.38. The third-order valence-electron chi connectivity index (χ3n) is 3.95. The van der Waals surface area contributed by atoms with Crippen molar-refractivity contribution in [3.05, 3.63) is 54.5 Å². The molecule has 0 saturated carbocycles. The molecule has 0 bridgehead atoms. The Bertz CT molecular complexity index is 839. The second-order valence-corrected chi connectivity index (χ2v) is 7.77. The molecular weight excluding hydrogens is 320 g/mol. The van der Waals surface area contributed by atoms with Gasteiger partial charge in [0.05, 0.1) is 11.9 Å². The Balaban J connectivity index is 1.71. The van der Waals surface area contributed by atoms with Gasteiger partial charge in [-0.05, 0) is 24.6 Å². The molecule has 0 fully saturated rings. The van der Waals surface area contributed by atoms with E-state index in [0.717, 1.165) is 17.9 Å². The lowest BCUT2D eigenvalue weighted by atomic mass is 10.2. The van der Waals surface area contributed by atoms with Gasteiger partial charge in [0.25, 0.3) is 0 Å². The molecule has 2 heterocycles.